The average molecular weight is 318 g/mol. The maximum absolute atomic E-state index is 5.58. The Balaban J connectivity index is 1.99. The molecule has 2 aromatic rings. The van der Waals surface area contributed by atoms with Crippen molar-refractivity contribution in [3.05, 3.63) is 37.2 Å². The molecule has 0 fully saturated rings. The molecule has 0 aliphatic rings. The molecule has 0 atom stereocenters. The van der Waals surface area contributed by atoms with E-state index >= 15 is 0 Å². The summed E-state index contributed by atoms with van der Waals surface area (Å²) in [7, 11) is 0. The van der Waals surface area contributed by atoms with Crippen molar-refractivity contribution in [3.8, 4) is 11.4 Å². The molecule has 2 aromatic heterocycles. The Morgan fingerprint density at radius 3 is 2.82 bits per heavy atom. The molecular weight excluding hydrogens is 296 g/mol. The fraction of sp³-hybridized carbons (Fsp3) is 0.438. The van der Waals surface area contributed by atoms with Crippen LogP contribution in [0.5, 0.6) is 0 Å². The van der Waals surface area contributed by atoms with Crippen molar-refractivity contribution < 1.29 is 4.74 Å². The third-order valence-electron chi connectivity index (χ3n) is 3.07. The largest absolute Gasteiger partial charge is 0.381 e. The normalized spacial score (nSPS) is 10.8. The third-order valence-corrected chi connectivity index (χ3v) is 4.00. The second-order valence-electron chi connectivity index (χ2n) is 4.76. The lowest BCUT2D eigenvalue weighted by Crippen LogP contribution is -2.03. The van der Waals surface area contributed by atoms with Crippen LogP contribution in [0.3, 0.4) is 0 Å². The highest BCUT2D eigenvalue weighted by molar-refractivity contribution is 7.99. The summed E-state index contributed by atoms with van der Waals surface area (Å²) < 4.78 is 7.65. The molecule has 22 heavy (non-hydrogen) atoms. The van der Waals surface area contributed by atoms with Gasteiger partial charge in [-0.15, -0.1) is 16.8 Å². The van der Waals surface area contributed by atoms with Crippen LogP contribution in [0.15, 0.2) is 42.3 Å². The highest BCUT2D eigenvalue weighted by atomic mass is 32.2. The number of ether oxygens (including phenoxy) is 1. The van der Waals surface area contributed by atoms with Crippen molar-refractivity contribution in [1.29, 1.82) is 0 Å². The summed E-state index contributed by atoms with van der Waals surface area (Å²) in [6, 6.07) is 3.87. The van der Waals surface area contributed by atoms with Crippen molar-refractivity contribution in [2.24, 2.45) is 0 Å². The number of thioether (sulfide) groups is 1. The zero-order valence-electron chi connectivity index (χ0n) is 12.9. The second kappa shape index (κ2) is 9.38. The molecule has 0 spiro atoms. The molecule has 0 aromatic carbocycles. The Labute approximate surface area is 135 Å². The minimum atomic E-state index is 0.684. The molecule has 6 heteroatoms. The molecule has 0 aliphatic heterocycles. The molecular formula is C16H22N4OS. The zero-order valence-corrected chi connectivity index (χ0v) is 13.8. The summed E-state index contributed by atoms with van der Waals surface area (Å²) in [6.07, 6.45) is 7.66. The summed E-state index contributed by atoms with van der Waals surface area (Å²) in [5.41, 5.74) is 1.01. The molecule has 0 saturated carbocycles. The van der Waals surface area contributed by atoms with Gasteiger partial charge in [-0.2, -0.15) is 0 Å². The van der Waals surface area contributed by atoms with Crippen LogP contribution in [0.4, 0.5) is 0 Å². The van der Waals surface area contributed by atoms with Gasteiger partial charge in [0.2, 0.25) is 0 Å². The predicted molar refractivity (Wildman–Crippen MR) is 89.9 cm³/mol. The first kappa shape index (κ1) is 16.7. The lowest BCUT2D eigenvalue weighted by atomic mass is 10.2. The molecule has 0 bridgehead atoms. The summed E-state index contributed by atoms with van der Waals surface area (Å²) in [5.74, 6) is 1.71. The Hall–Kier alpha value is -1.66. The molecule has 0 radical (unpaired) electrons. The Kier molecular flexibility index (Phi) is 7.12. The predicted octanol–water partition coefficient (Wildman–Crippen LogP) is 3.43. The first-order valence-electron chi connectivity index (χ1n) is 7.51. The fourth-order valence-corrected chi connectivity index (χ4v) is 2.74. The molecule has 0 amide bonds. The number of unbranched alkanes of at least 4 members (excludes halogenated alkanes) is 1. The van der Waals surface area contributed by atoms with Gasteiger partial charge in [-0.1, -0.05) is 31.2 Å². The summed E-state index contributed by atoms with van der Waals surface area (Å²) in [5, 5.41) is 9.50. The third kappa shape index (κ3) is 4.68. The van der Waals surface area contributed by atoms with Crippen molar-refractivity contribution in [2.45, 2.75) is 31.5 Å². The zero-order chi connectivity index (χ0) is 15.6. The van der Waals surface area contributed by atoms with Crippen LogP contribution in [-0.4, -0.2) is 38.7 Å². The number of hydrogen-bond donors (Lipinski definition) is 0. The van der Waals surface area contributed by atoms with E-state index in [9.17, 15) is 0 Å². The summed E-state index contributed by atoms with van der Waals surface area (Å²) in [6.45, 7) is 8.23. The highest BCUT2D eigenvalue weighted by Gasteiger charge is 2.13. The van der Waals surface area contributed by atoms with Gasteiger partial charge in [-0.25, -0.2) is 0 Å². The molecule has 0 saturated heterocycles. The second-order valence-corrected chi connectivity index (χ2v) is 5.82. The molecule has 0 N–H and O–H groups in total. The van der Waals surface area contributed by atoms with E-state index in [4.69, 9.17) is 4.74 Å². The average Bonchev–Trinajstić information content (AvgIpc) is 2.95. The number of hydrogen-bond acceptors (Lipinski definition) is 5. The van der Waals surface area contributed by atoms with E-state index in [1.165, 1.54) is 0 Å². The van der Waals surface area contributed by atoms with Gasteiger partial charge in [-0.05, 0) is 18.6 Å². The first-order chi connectivity index (χ1) is 10.9. The monoisotopic (exact) mass is 318 g/mol. The van der Waals surface area contributed by atoms with Gasteiger partial charge in [0.25, 0.3) is 0 Å². The minimum absolute atomic E-state index is 0.684. The van der Waals surface area contributed by atoms with E-state index in [1.807, 2.05) is 18.2 Å². The van der Waals surface area contributed by atoms with Crippen LogP contribution in [0, 0.1) is 0 Å². The van der Waals surface area contributed by atoms with Crippen LogP contribution in [0.25, 0.3) is 11.4 Å². The van der Waals surface area contributed by atoms with Gasteiger partial charge in [0, 0.05) is 36.9 Å². The number of allylic oxidation sites excluding steroid dienone is 1. The molecule has 5 nitrogen and oxygen atoms in total. The molecule has 2 heterocycles. The van der Waals surface area contributed by atoms with Gasteiger partial charge in [0.15, 0.2) is 11.0 Å². The van der Waals surface area contributed by atoms with Crippen LogP contribution in [-0.2, 0) is 11.3 Å². The molecule has 2 rings (SSSR count). The standard InChI is InChI=1S/C16H22N4OS/c1-3-5-11-21-12-13-22-16-19-18-15(20(16)10-4-2)14-6-8-17-9-7-14/h4,6-9H,2-3,5,10-13H2,1H3. The van der Waals surface area contributed by atoms with Gasteiger partial charge >= 0.3 is 0 Å². The first-order valence-corrected chi connectivity index (χ1v) is 8.50. The molecule has 0 aliphatic carbocycles. The van der Waals surface area contributed by atoms with Crippen molar-refractivity contribution in [3.63, 3.8) is 0 Å². The molecule has 118 valence electrons. The van der Waals surface area contributed by atoms with Gasteiger partial charge < -0.3 is 4.74 Å². The van der Waals surface area contributed by atoms with Crippen LogP contribution < -0.4 is 0 Å². The van der Waals surface area contributed by atoms with Crippen molar-refractivity contribution in [2.75, 3.05) is 19.0 Å². The number of nitrogens with zero attached hydrogens (tertiary/aromatic N) is 4. The van der Waals surface area contributed by atoms with Gasteiger partial charge in [0.1, 0.15) is 0 Å². The van der Waals surface area contributed by atoms with Crippen molar-refractivity contribution in [1.82, 2.24) is 19.7 Å². The van der Waals surface area contributed by atoms with E-state index in [-0.39, 0.29) is 0 Å². The van der Waals surface area contributed by atoms with Crippen LogP contribution in [0.2, 0.25) is 0 Å². The lowest BCUT2D eigenvalue weighted by molar-refractivity contribution is 0.147. The SMILES string of the molecule is C=CCn1c(SCCOCCCC)nnc1-c1ccncc1. The Bertz CT molecular complexity index is 571. The topological polar surface area (TPSA) is 52.8 Å². The minimum Gasteiger partial charge on any atom is -0.381 e. The number of pyridine rings is 1. The Morgan fingerprint density at radius 1 is 1.27 bits per heavy atom. The quantitative estimate of drug-likeness (QED) is 0.381. The number of aromatic nitrogens is 4. The highest BCUT2D eigenvalue weighted by Crippen LogP contribution is 2.23. The van der Waals surface area contributed by atoms with Crippen molar-refractivity contribution >= 4 is 11.8 Å². The van der Waals surface area contributed by atoms with E-state index in [1.54, 1.807) is 24.2 Å². The fourth-order valence-electron chi connectivity index (χ4n) is 1.94. The van der Waals surface area contributed by atoms with Crippen LogP contribution >= 0.6 is 11.8 Å². The van der Waals surface area contributed by atoms with Gasteiger partial charge in [-0.3, -0.25) is 9.55 Å². The van der Waals surface area contributed by atoms with E-state index in [0.29, 0.717) is 6.54 Å². The summed E-state index contributed by atoms with van der Waals surface area (Å²) >= 11 is 1.66. The van der Waals surface area contributed by atoms with Crippen LogP contribution in [0.1, 0.15) is 19.8 Å². The van der Waals surface area contributed by atoms with E-state index in [0.717, 1.165) is 48.4 Å². The van der Waals surface area contributed by atoms with E-state index in [2.05, 4.69) is 33.3 Å². The Morgan fingerprint density at radius 2 is 2.09 bits per heavy atom. The maximum atomic E-state index is 5.58. The number of rotatable bonds is 10. The smallest absolute Gasteiger partial charge is 0.191 e. The maximum Gasteiger partial charge on any atom is 0.191 e. The van der Waals surface area contributed by atoms with E-state index < -0.39 is 0 Å². The summed E-state index contributed by atoms with van der Waals surface area (Å²) in [4.78, 5) is 4.04. The van der Waals surface area contributed by atoms with Gasteiger partial charge in [0.05, 0.1) is 6.61 Å². The molecule has 0 unspecified atom stereocenters. The lowest BCUT2D eigenvalue weighted by Gasteiger charge is -2.07.